The summed E-state index contributed by atoms with van der Waals surface area (Å²) < 4.78 is 28.2. The van der Waals surface area contributed by atoms with E-state index in [9.17, 15) is 4.79 Å². The van der Waals surface area contributed by atoms with E-state index in [4.69, 9.17) is 23.7 Å². The van der Waals surface area contributed by atoms with Crippen molar-refractivity contribution in [1.82, 2.24) is 0 Å². The third-order valence-corrected chi connectivity index (χ3v) is 5.84. The summed E-state index contributed by atoms with van der Waals surface area (Å²) in [6.07, 6.45) is 11.9. The van der Waals surface area contributed by atoms with E-state index in [1.54, 1.807) is 18.2 Å². The van der Waals surface area contributed by atoms with Crippen LogP contribution in [0.25, 0.3) is 0 Å². The van der Waals surface area contributed by atoms with Gasteiger partial charge in [0.1, 0.15) is 18.0 Å². The van der Waals surface area contributed by atoms with Crippen LogP contribution in [-0.2, 0) is 18.9 Å². The smallest absolute Gasteiger partial charge is 0.194 e. The van der Waals surface area contributed by atoms with Gasteiger partial charge in [-0.25, -0.2) is 0 Å². The highest BCUT2D eigenvalue weighted by Crippen LogP contribution is 2.21. The number of hydrogen-bond acceptors (Lipinski definition) is 6. The second-order valence-electron chi connectivity index (χ2n) is 9.21. The van der Waals surface area contributed by atoms with Gasteiger partial charge in [0.2, 0.25) is 0 Å². The molecule has 192 valence electrons. The van der Waals surface area contributed by atoms with Gasteiger partial charge in [0.15, 0.2) is 12.1 Å². The molecule has 1 atom stereocenters. The van der Waals surface area contributed by atoms with Crippen molar-refractivity contribution in [1.29, 1.82) is 0 Å². The van der Waals surface area contributed by atoms with Crippen molar-refractivity contribution in [2.75, 3.05) is 39.6 Å². The van der Waals surface area contributed by atoms with Crippen molar-refractivity contribution >= 4 is 5.78 Å². The molecular formula is C28H44O6. The summed E-state index contributed by atoms with van der Waals surface area (Å²) in [5, 5.41) is 0. The molecule has 0 spiro atoms. The van der Waals surface area contributed by atoms with E-state index in [0.29, 0.717) is 37.7 Å². The van der Waals surface area contributed by atoms with Crippen LogP contribution in [0.3, 0.4) is 0 Å². The maximum absolute atomic E-state index is 12.9. The highest BCUT2D eigenvalue weighted by Gasteiger charge is 2.29. The van der Waals surface area contributed by atoms with E-state index in [1.165, 1.54) is 25.7 Å². The van der Waals surface area contributed by atoms with Crippen molar-refractivity contribution < 1.29 is 28.5 Å². The Morgan fingerprint density at radius 3 is 2.38 bits per heavy atom. The fourth-order valence-electron chi connectivity index (χ4n) is 3.80. The third kappa shape index (κ3) is 11.6. The minimum atomic E-state index is -0.848. The number of Topliss-reactive ketones (excluding diaryl/α,β-unsaturated/α-hetero) is 1. The Hall–Kier alpha value is -1.73. The molecule has 34 heavy (non-hydrogen) atoms. The number of ketones is 1. The number of carbonyl (C=O) groups is 1. The van der Waals surface area contributed by atoms with Gasteiger partial charge in [0, 0.05) is 25.4 Å². The molecule has 1 aliphatic rings. The molecular weight excluding hydrogens is 432 g/mol. The Balaban J connectivity index is 1.52. The fourth-order valence-corrected chi connectivity index (χ4v) is 3.80. The molecule has 0 bridgehead atoms. The molecule has 1 aromatic rings. The van der Waals surface area contributed by atoms with Crippen molar-refractivity contribution in [2.45, 2.75) is 83.5 Å². The first-order valence-corrected chi connectivity index (χ1v) is 12.9. The Labute approximate surface area is 205 Å². The van der Waals surface area contributed by atoms with E-state index < -0.39 is 5.60 Å². The van der Waals surface area contributed by atoms with Gasteiger partial charge in [-0.05, 0) is 70.2 Å². The maximum atomic E-state index is 12.9. The zero-order valence-corrected chi connectivity index (χ0v) is 21.2. The standard InChI is InChI=1S/C28H44O6/c1-4-18-30-22-23-31-25-16-14-24(15-17-25)27(29)28(2,3)34-21-11-8-6-5-7-10-19-32-26-13-9-12-20-33-26/h4,14-17,26H,1,5-13,18-23H2,2-3H3. The first-order chi connectivity index (χ1) is 16.5. The molecule has 0 amide bonds. The molecule has 1 saturated heterocycles. The highest BCUT2D eigenvalue weighted by atomic mass is 16.7. The fraction of sp³-hybridized carbons (Fsp3) is 0.679. The summed E-state index contributed by atoms with van der Waals surface area (Å²) in [7, 11) is 0. The van der Waals surface area contributed by atoms with Crippen LogP contribution in [0.1, 0.15) is 82.0 Å². The van der Waals surface area contributed by atoms with E-state index in [-0.39, 0.29) is 12.1 Å². The Morgan fingerprint density at radius 2 is 1.71 bits per heavy atom. The van der Waals surface area contributed by atoms with Gasteiger partial charge in [-0.15, -0.1) is 6.58 Å². The number of rotatable bonds is 19. The summed E-state index contributed by atoms with van der Waals surface area (Å²) in [5.74, 6) is 0.696. The number of carbonyl (C=O) groups excluding carboxylic acids is 1. The van der Waals surface area contributed by atoms with Crippen molar-refractivity contribution in [3.8, 4) is 5.75 Å². The third-order valence-electron chi connectivity index (χ3n) is 5.84. The van der Waals surface area contributed by atoms with Crippen LogP contribution in [0.5, 0.6) is 5.75 Å². The minimum absolute atomic E-state index is 0.0182. The highest BCUT2D eigenvalue weighted by molar-refractivity contribution is 6.02. The Bertz CT molecular complexity index is 679. The van der Waals surface area contributed by atoms with Crippen LogP contribution in [-0.4, -0.2) is 57.3 Å². The molecule has 2 rings (SSSR count). The Kier molecular flexibility index (Phi) is 14.1. The van der Waals surface area contributed by atoms with Crippen LogP contribution >= 0.6 is 0 Å². The predicted octanol–water partition coefficient (Wildman–Crippen LogP) is 6.13. The van der Waals surface area contributed by atoms with E-state index in [1.807, 2.05) is 26.0 Å². The van der Waals surface area contributed by atoms with Gasteiger partial charge < -0.3 is 23.7 Å². The molecule has 0 N–H and O–H groups in total. The van der Waals surface area contributed by atoms with Crippen LogP contribution in [0.15, 0.2) is 36.9 Å². The number of ether oxygens (including phenoxy) is 5. The van der Waals surface area contributed by atoms with Crippen LogP contribution in [0, 0.1) is 0 Å². The Morgan fingerprint density at radius 1 is 1.00 bits per heavy atom. The summed E-state index contributed by atoms with van der Waals surface area (Å²) in [6, 6.07) is 7.20. The number of hydrogen-bond donors (Lipinski definition) is 0. The molecule has 0 saturated carbocycles. The van der Waals surface area contributed by atoms with Gasteiger partial charge in [-0.2, -0.15) is 0 Å². The van der Waals surface area contributed by atoms with Crippen molar-refractivity contribution in [3.05, 3.63) is 42.5 Å². The van der Waals surface area contributed by atoms with Crippen LogP contribution in [0.4, 0.5) is 0 Å². The molecule has 6 nitrogen and oxygen atoms in total. The summed E-state index contributed by atoms with van der Waals surface area (Å²) in [5.41, 5.74) is -0.222. The summed E-state index contributed by atoms with van der Waals surface area (Å²) in [6.45, 7) is 11.0. The lowest BCUT2D eigenvalue weighted by Crippen LogP contribution is -2.35. The zero-order chi connectivity index (χ0) is 24.5. The van der Waals surface area contributed by atoms with Gasteiger partial charge in [0.05, 0.1) is 13.2 Å². The molecule has 1 fully saturated rings. The minimum Gasteiger partial charge on any atom is -0.491 e. The molecule has 0 aromatic heterocycles. The first-order valence-electron chi connectivity index (χ1n) is 12.9. The lowest BCUT2D eigenvalue weighted by molar-refractivity contribution is -0.162. The molecule has 1 aromatic carbocycles. The molecule has 6 heteroatoms. The maximum Gasteiger partial charge on any atom is 0.194 e. The summed E-state index contributed by atoms with van der Waals surface area (Å²) >= 11 is 0. The average molecular weight is 477 g/mol. The zero-order valence-electron chi connectivity index (χ0n) is 21.2. The molecule has 1 unspecified atom stereocenters. The molecule has 0 radical (unpaired) electrons. The van der Waals surface area contributed by atoms with Crippen LogP contribution in [0.2, 0.25) is 0 Å². The van der Waals surface area contributed by atoms with E-state index >= 15 is 0 Å². The van der Waals surface area contributed by atoms with Gasteiger partial charge in [-0.3, -0.25) is 4.79 Å². The molecule has 1 heterocycles. The van der Waals surface area contributed by atoms with Gasteiger partial charge >= 0.3 is 0 Å². The largest absolute Gasteiger partial charge is 0.491 e. The normalized spacial score (nSPS) is 16.4. The SMILES string of the molecule is C=CCOCCOc1ccc(C(=O)C(C)(C)OCCCCCCCCOC2CCCCO2)cc1. The second-order valence-corrected chi connectivity index (χ2v) is 9.21. The lowest BCUT2D eigenvalue weighted by Gasteiger charge is -2.24. The lowest BCUT2D eigenvalue weighted by atomic mass is 9.96. The van der Waals surface area contributed by atoms with E-state index in [0.717, 1.165) is 45.3 Å². The van der Waals surface area contributed by atoms with Gasteiger partial charge in [0.25, 0.3) is 0 Å². The molecule has 1 aliphatic heterocycles. The van der Waals surface area contributed by atoms with Crippen LogP contribution < -0.4 is 4.74 Å². The van der Waals surface area contributed by atoms with E-state index in [2.05, 4.69) is 6.58 Å². The van der Waals surface area contributed by atoms with Crippen molar-refractivity contribution in [3.63, 3.8) is 0 Å². The van der Waals surface area contributed by atoms with Gasteiger partial charge in [-0.1, -0.05) is 31.8 Å². The monoisotopic (exact) mass is 476 g/mol. The number of benzene rings is 1. The second kappa shape index (κ2) is 16.8. The predicted molar refractivity (Wildman–Crippen MR) is 135 cm³/mol. The molecule has 0 aliphatic carbocycles. The quantitative estimate of drug-likeness (QED) is 0.136. The van der Waals surface area contributed by atoms with Crippen molar-refractivity contribution in [2.24, 2.45) is 0 Å². The summed E-state index contributed by atoms with van der Waals surface area (Å²) in [4.78, 5) is 12.9. The average Bonchev–Trinajstić information content (AvgIpc) is 2.85. The topological polar surface area (TPSA) is 63.2 Å². The first kappa shape index (κ1) is 28.5. The number of unbranched alkanes of at least 4 members (excludes halogenated alkanes) is 5.